The van der Waals surface area contributed by atoms with Gasteiger partial charge in [0.05, 0.1) is 11.2 Å². The second-order valence-corrected chi connectivity index (χ2v) is 4.39. The smallest absolute Gasteiger partial charge is 0.138 e. The normalized spacial score (nSPS) is 10.7. The molecule has 0 saturated heterocycles. The van der Waals surface area contributed by atoms with Crippen LogP contribution in [0.3, 0.4) is 0 Å². The van der Waals surface area contributed by atoms with Gasteiger partial charge in [0.1, 0.15) is 17.3 Å². The van der Waals surface area contributed by atoms with Gasteiger partial charge in [-0.15, -0.1) is 0 Å². The van der Waals surface area contributed by atoms with Crippen molar-refractivity contribution in [2.24, 2.45) is 5.73 Å². The summed E-state index contributed by atoms with van der Waals surface area (Å²) < 4.78 is 19.0. The lowest BCUT2D eigenvalue weighted by atomic mass is 10.2. The lowest BCUT2D eigenvalue weighted by molar-refractivity contribution is 0.481. The van der Waals surface area contributed by atoms with Crippen molar-refractivity contribution in [2.75, 3.05) is 0 Å². The van der Waals surface area contributed by atoms with Crippen LogP contribution in [0.2, 0.25) is 0 Å². The van der Waals surface area contributed by atoms with Gasteiger partial charge in [0.25, 0.3) is 0 Å². The number of ether oxygens (including phenoxy) is 1. The summed E-state index contributed by atoms with van der Waals surface area (Å²) in [5.74, 6) is 0.742. The molecule has 0 radical (unpaired) electrons. The Morgan fingerprint density at radius 3 is 2.70 bits per heavy atom. The summed E-state index contributed by atoms with van der Waals surface area (Å²) >= 11 is 0. The molecule has 2 N–H and O–H groups in total. The summed E-state index contributed by atoms with van der Waals surface area (Å²) in [6.45, 7) is 0.324. The van der Waals surface area contributed by atoms with E-state index in [1.54, 1.807) is 18.2 Å². The molecule has 0 aliphatic heterocycles. The van der Waals surface area contributed by atoms with Crippen LogP contribution in [-0.2, 0) is 6.54 Å². The monoisotopic (exact) mass is 268 g/mol. The number of nitrogens with zero attached hydrogens (tertiary/aromatic N) is 1. The Labute approximate surface area is 115 Å². The van der Waals surface area contributed by atoms with Gasteiger partial charge in [-0.1, -0.05) is 18.2 Å². The van der Waals surface area contributed by atoms with Crippen molar-refractivity contribution in [1.82, 2.24) is 4.98 Å². The van der Waals surface area contributed by atoms with Gasteiger partial charge in [0.2, 0.25) is 0 Å². The minimum absolute atomic E-state index is 0.324. The first kappa shape index (κ1) is 12.6. The summed E-state index contributed by atoms with van der Waals surface area (Å²) in [4.78, 5) is 4.43. The van der Waals surface area contributed by atoms with Crippen molar-refractivity contribution in [3.63, 3.8) is 0 Å². The Balaban J connectivity index is 2.10. The van der Waals surface area contributed by atoms with Crippen LogP contribution in [0.1, 0.15) is 5.69 Å². The van der Waals surface area contributed by atoms with E-state index in [9.17, 15) is 4.39 Å². The van der Waals surface area contributed by atoms with Crippen molar-refractivity contribution in [1.29, 1.82) is 0 Å². The fourth-order valence-corrected chi connectivity index (χ4v) is 2.04. The lowest BCUT2D eigenvalue weighted by Crippen LogP contribution is -2.00. The molecule has 0 aliphatic rings. The molecule has 0 amide bonds. The van der Waals surface area contributed by atoms with Crippen LogP contribution in [0.4, 0.5) is 4.39 Å². The summed E-state index contributed by atoms with van der Waals surface area (Å²) in [6.07, 6.45) is 0. The van der Waals surface area contributed by atoms with E-state index in [2.05, 4.69) is 4.98 Å². The van der Waals surface area contributed by atoms with Crippen LogP contribution in [0.15, 0.2) is 54.6 Å². The number of hydrogen-bond donors (Lipinski definition) is 1. The third-order valence-electron chi connectivity index (χ3n) is 2.96. The van der Waals surface area contributed by atoms with Crippen LogP contribution in [-0.4, -0.2) is 4.98 Å². The first-order valence-corrected chi connectivity index (χ1v) is 6.28. The van der Waals surface area contributed by atoms with Gasteiger partial charge in [-0.3, -0.25) is 4.98 Å². The van der Waals surface area contributed by atoms with E-state index in [0.717, 1.165) is 16.6 Å². The van der Waals surface area contributed by atoms with Crippen molar-refractivity contribution >= 4 is 10.9 Å². The van der Waals surface area contributed by atoms with E-state index in [-0.39, 0.29) is 5.82 Å². The van der Waals surface area contributed by atoms with Crippen LogP contribution in [0, 0.1) is 5.82 Å². The molecular formula is C16H13FN2O. The number of para-hydroxylation sites is 1. The molecule has 0 bridgehead atoms. The van der Waals surface area contributed by atoms with Crippen molar-refractivity contribution < 1.29 is 9.13 Å². The molecule has 3 nitrogen and oxygen atoms in total. The number of benzene rings is 2. The third-order valence-corrected chi connectivity index (χ3v) is 2.96. The molecule has 4 heteroatoms. The largest absolute Gasteiger partial charge is 0.456 e. The number of nitrogens with two attached hydrogens (primary N) is 1. The maximum Gasteiger partial charge on any atom is 0.138 e. The molecule has 0 atom stereocenters. The fourth-order valence-electron chi connectivity index (χ4n) is 2.04. The van der Waals surface area contributed by atoms with E-state index >= 15 is 0 Å². The second-order valence-electron chi connectivity index (χ2n) is 4.39. The number of aromatic nitrogens is 1. The molecule has 20 heavy (non-hydrogen) atoms. The zero-order valence-electron chi connectivity index (χ0n) is 10.7. The number of halogens is 1. The zero-order chi connectivity index (χ0) is 13.9. The van der Waals surface area contributed by atoms with Gasteiger partial charge in [-0.25, -0.2) is 4.39 Å². The van der Waals surface area contributed by atoms with E-state index < -0.39 is 0 Å². The average molecular weight is 268 g/mol. The molecular weight excluding hydrogens is 255 g/mol. The zero-order valence-corrected chi connectivity index (χ0v) is 10.7. The predicted octanol–water partition coefficient (Wildman–Crippen LogP) is 3.62. The van der Waals surface area contributed by atoms with E-state index in [0.29, 0.717) is 18.0 Å². The highest BCUT2D eigenvalue weighted by molar-refractivity contribution is 5.85. The summed E-state index contributed by atoms with van der Waals surface area (Å²) in [5.41, 5.74) is 7.19. The molecule has 3 rings (SSSR count). The van der Waals surface area contributed by atoms with Crippen LogP contribution in [0.25, 0.3) is 10.9 Å². The van der Waals surface area contributed by atoms with Crippen LogP contribution in [0.5, 0.6) is 11.5 Å². The van der Waals surface area contributed by atoms with Gasteiger partial charge in [-0.2, -0.15) is 0 Å². The van der Waals surface area contributed by atoms with Gasteiger partial charge in [-0.05, 0) is 24.3 Å². The molecule has 0 fully saturated rings. The Morgan fingerprint density at radius 1 is 1.05 bits per heavy atom. The predicted molar refractivity (Wildman–Crippen MR) is 76.1 cm³/mol. The fraction of sp³-hybridized carbons (Fsp3) is 0.0625. The molecule has 100 valence electrons. The van der Waals surface area contributed by atoms with E-state index in [1.165, 1.54) is 12.1 Å². The van der Waals surface area contributed by atoms with Crippen LogP contribution >= 0.6 is 0 Å². The molecule has 0 unspecified atom stereocenters. The average Bonchev–Trinajstić information content (AvgIpc) is 2.47. The molecule has 1 heterocycles. The first-order chi connectivity index (χ1) is 9.76. The van der Waals surface area contributed by atoms with Gasteiger partial charge in [0, 0.05) is 24.1 Å². The minimum Gasteiger partial charge on any atom is -0.456 e. The summed E-state index contributed by atoms with van der Waals surface area (Å²) in [5, 5.41) is 0.869. The lowest BCUT2D eigenvalue weighted by Gasteiger charge is -2.10. The topological polar surface area (TPSA) is 48.1 Å². The number of hydrogen-bond acceptors (Lipinski definition) is 3. The number of fused-ring (bicyclic) bond motifs is 1. The summed E-state index contributed by atoms with van der Waals surface area (Å²) in [6, 6.07) is 15.4. The molecule has 2 aromatic carbocycles. The maximum absolute atomic E-state index is 13.2. The Hall–Kier alpha value is -2.46. The Kier molecular flexibility index (Phi) is 3.31. The minimum atomic E-state index is -0.333. The Morgan fingerprint density at radius 2 is 1.90 bits per heavy atom. The van der Waals surface area contributed by atoms with Crippen molar-refractivity contribution in [3.8, 4) is 11.5 Å². The van der Waals surface area contributed by atoms with Gasteiger partial charge in [0.15, 0.2) is 0 Å². The van der Waals surface area contributed by atoms with Gasteiger partial charge < -0.3 is 10.5 Å². The number of rotatable bonds is 3. The highest BCUT2D eigenvalue weighted by Crippen LogP contribution is 2.30. The number of pyridine rings is 1. The third kappa shape index (κ3) is 2.46. The van der Waals surface area contributed by atoms with E-state index in [1.807, 2.05) is 24.3 Å². The molecule has 0 saturated carbocycles. The standard InChI is InChI=1S/C16H13FN2O/c17-11-4-3-5-13(8-11)20-16-9-12(10-18)19-15-7-2-1-6-14(15)16/h1-9H,10,18H2. The maximum atomic E-state index is 13.2. The molecule has 0 aliphatic carbocycles. The highest BCUT2D eigenvalue weighted by atomic mass is 19.1. The Bertz CT molecular complexity index is 758. The quantitative estimate of drug-likeness (QED) is 0.789. The summed E-state index contributed by atoms with van der Waals surface area (Å²) in [7, 11) is 0. The van der Waals surface area contributed by atoms with Crippen LogP contribution < -0.4 is 10.5 Å². The molecule has 0 spiro atoms. The first-order valence-electron chi connectivity index (χ1n) is 6.28. The SMILES string of the molecule is NCc1cc(Oc2cccc(F)c2)c2ccccc2n1. The molecule has 1 aromatic heterocycles. The van der Waals surface area contributed by atoms with Crippen molar-refractivity contribution in [3.05, 3.63) is 66.1 Å². The van der Waals surface area contributed by atoms with E-state index in [4.69, 9.17) is 10.5 Å². The van der Waals surface area contributed by atoms with Crippen molar-refractivity contribution in [2.45, 2.75) is 6.54 Å². The molecule has 3 aromatic rings. The highest BCUT2D eigenvalue weighted by Gasteiger charge is 2.07. The second kappa shape index (κ2) is 5.27. The van der Waals surface area contributed by atoms with Gasteiger partial charge >= 0.3 is 0 Å².